The standard InChI is InChI=1S/C21H26N2O3/c1-15-10-11-18(16(2)12-15)13-23(4)21(25)17(3)22-20(24)14-26-19-8-6-5-7-9-19/h5-12,17H,13-14H2,1-4H3,(H,22,24). The van der Waals surface area contributed by atoms with E-state index in [0.29, 0.717) is 12.3 Å². The van der Waals surface area contributed by atoms with Crippen LogP contribution in [0, 0.1) is 13.8 Å². The molecule has 1 atom stereocenters. The van der Waals surface area contributed by atoms with Crippen LogP contribution in [0.1, 0.15) is 23.6 Å². The molecule has 138 valence electrons. The molecule has 2 aromatic rings. The van der Waals surface area contributed by atoms with E-state index >= 15 is 0 Å². The predicted octanol–water partition coefficient (Wildman–Crippen LogP) is 2.85. The number of amides is 2. The summed E-state index contributed by atoms with van der Waals surface area (Å²) in [5.41, 5.74) is 3.44. The molecule has 0 fully saturated rings. The Kier molecular flexibility index (Phi) is 6.78. The first kappa shape index (κ1) is 19.5. The molecular weight excluding hydrogens is 328 g/mol. The average molecular weight is 354 g/mol. The normalized spacial score (nSPS) is 11.5. The second kappa shape index (κ2) is 9.04. The quantitative estimate of drug-likeness (QED) is 0.832. The summed E-state index contributed by atoms with van der Waals surface area (Å²) in [6, 6.07) is 14.6. The molecule has 5 nitrogen and oxygen atoms in total. The summed E-state index contributed by atoms with van der Waals surface area (Å²) in [6.07, 6.45) is 0. The van der Waals surface area contributed by atoms with E-state index in [2.05, 4.69) is 11.4 Å². The van der Waals surface area contributed by atoms with E-state index in [1.54, 1.807) is 31.0 Å². The predicted molar refractivity (Wildman–Crippen MR) is 102 cm³/mol. The fourth-order valence-electron chi connectivity index (χ4n) is 2.70. The van der Waals surface area contributed by atoms with Gasteiger partial charge in [0.15, 0.2) is 6.61 Å². The molecule has 0 radical (unpaired) electrons. The molecule has 0 aliphatic rings. The van der Waals surface area contributed by atoms with Gasteiger partial charge in [0, 0.05) is 13.6 Å². The van der Waals surface area contributed by atoms with Crippen molar-refractivity contribution in [3.05, 3.63) is 65.2 Å². The van der Waals surface area contributed by atoms with Gasteiger partial charge in [-0.05, 0) is 44.0 Å². The van der Waals surface area contributed by atoms with Crippen molar-refractivity contribution in [2.24, 2.45) is 0 Å². The van der Waals surface area contributed by atoms with Crippen LogP contribution in [0.5, 0.6) is 5.75 Å². The largest absolute Gasteiger partial charge is 0.484 e. The zero-order chi connectivity index (χ0) is 19.1. The number of carbonyl (C=O) groups excluding carboxylic acids is 2. The number of nitrogens with zero attached hydrogens (tertiary/aromatic N) is 1. The van der Waals surface area contributed by atoms with Crippen LogP contribution >= 0.6 is 0 Å². The molecule has 0 heterocycles. The van der Waals surface area contributed by atoms with Gasteiger partial charge in [-0.3, -0.25) is 9.59 Å². The molecule has 1 unspecified atom stereocenters. The van der Waals surface area contributed by atoms with E-state index in [-0.39, 0.29) is 18.4 Å². The second-order valence-electron chi connectivity index (χ2n) is 6.52. The van der Waals surface area contributed by atoms with Crippen molar-refractivity contribution in [2.75, 3.05) is 13.7 Å². The van der Waals surface area contributed by atoms with E-state index in [1.807, 2.05) is 44.2 Å². The number of likely N-dealkylation sites (N-methyl/N-ethyl adjacent to an activating group) is 1. The van der Waals surface area contributed by atoms with E-state index < -0.39 is 6.04 Å². The van der Waals surface area contributed by atoms with Crippen LogP contribution < -0.4 is 10.1 Å². The minimum atomic E-state index is -0.613. The molecule has 5 heteroatoms. The number of benzene rings is 2. The Bertz CT molecular complexity index is 759. The summed E-state index contributed by atoms with van der Waals surface area (Å²) in [7, 11) is 1.74. The van der Waals surface area contributed by atoms with Crippen molar-refractivity contribution >= 4 is 11.8 Å². The van der Waals surface area contributed by atoms with Crippen molar-refractivity contribution in [2.45, 2.75) is 33.4 Å². The first-order chi connectivity index (χ1) is 12.4. The molecule has 0 spiro atoms. The van der Waals surface area contributed by atoms with Crippen LogP contribution in [0.4, 0.5) is 0 Å². The molecule has 2 rings (SSSR count). The van der Waals surface area contributed by atoms with Gasteiger partial charge in [0.1, 0.15) is 11.8 Å². The van der Waals surface area contributed by atoms with Crippen molar-refractivity contribution < 1.29 is 14.3 Å². The molecule has 2 aromatic carbocycles. The number of hydrogen-bond acceptors (Lipinski definition) is 3. The lowest BCUT2D eigenvalue weighted by Crippen LogP contribution is -2.46. The Balaban J connectivity index is 1.84. The van der Waals surface area contributed by atoms with Crippen LogP contribution in [0.15, 0.2) is 48.5 Å². The van der Waals surface area contributed by atoms with Crippen molar-refractivity contribution in [3.8, 4) is 5.75 Å². The SMILES string of the molecule is Cc1ccc(CN(C)C(=O)C(C)NC(=O)COc2ccccc2)c(C)c1. The van der Waals surface area contributed by atoms with Gasteiger partial charge < -0.3 is 15.0 Å². The molecule has 0 aliphatic heterocycles. The highest BCUT2D eigenvalue weighted by Crippen LogP contribution is 2.13. The highest BCUT2D eigenvalue weighted by atomic mass is 16.5. The Morgan fingerprint density at radius 1 is 1.12 bits per heavy atom. The maximum atomic E-state index is 12.5. The van der Waals surface area contributed by atoms with Gasteiger partial charge in [0.05, 0.1) is 0 Å². The highest BCUT2D eigenvalue weighted by Gasteiger charge is 2.20. The van der Waals surface area contributed by atoms with E-state index in [1.165, 1.54) is 5.56 Å². The first-order valence-electron chi connectivity index (χ1n) is 8.65. The first-order valence-corrected chi connectivity index (χ1v) is 8.65. The van der Waals surface area contributed by atoms with Crippen molar-refractivity contribution in [3.63, 3.8) is 0 Å². The third-order valence-corrected chi connectivity index (χ3v) is 4.14. The molecular formula is C21H26N2O3. The number of aryl methyl sites for hydroxylation is 2. The van der Waals surface area contributed by atoms with Gasteiger partial charge in [-0.2, -0.15) is 0 Å². The number of hydrogen-bond donors (Lipinski definition) is 1. The molecule has 0 saturated heterocycles. The monoisotopic (exact) mass is 354 g/mol. The number of nitrogens with one attached hydrogen (secondary N) is 1. The summed E-state index contributed by atoms with van der Waals surface area (Å²) in [4.78, 5) is 26.1. The Morgan fingerprint density at radius 2 is 1.81 bits per heavy atom. The van der Waals surface area contributed by atoms with E-state index in [9.17, 15) is 9.59 Å². The molecule has 0 aliphatic carbocycles. The van der Waals surface area contributed by atoms with Crippen LogP contribution in [0.25, 0.3) is 0 Å². The Hall–Kier alpha value is -2.82. The van der Waals surface area contributed by atoms with Crippen molar-refractivity contribution in [1.29, 1.82) is 0 Å². The molecule has 0 saturated carbocycles. The minimum Gasteiger partial charge on any atom is -0.484 e. The van der Waals surface area contributed by atoms with Crippen LogP contribution in [0.3, 0.4) is 0 Å². The summed E-state index contributed by atoms with van der Waals surface area (Å²) < 4.78 is 5.39. The third-order valence-electron chi connectivity index (χ3n) is 4.14. The maximum absolute atomic E-state index is 12.5. The van der Waals surface area contributed by atoms with Gasteiger partial charge in [-0.25, -0.2) is 0 Å². The average Bonchev–Trinajstić information content (AvgIpc) is 2.62. The lowest BCUT2D eigenvalue weighted by Gasteiger charge is -2.23. The summed E-state index contributed by atoms with van der Waals surface area (Å²) >= 11 is 0. The van der Waals surface area contributed by atoms with Gasteiger partial charge >= 0.3 is 0 Å². The minimum absolute atomic E-state index is 0.123. The summed E-state index contributed by atoms with van der Waals surface area (Å²) in [6.45, 7) is 6.14. The van der Waals surface area contributed by atoms with Gasteiger partial charge in [-0.15, -0.1) is 0 Å². The topological polar surface area (TPSA) is 58.6 Å². The van der Waals surface area contributed by atoms with Crippen molar-refractivity contribution in [1.82, 2.24) is 10.2 Å². The van der Waals surface area contributed by atoms with E-state index in [0.717, 1.165) is 11.1 Å². The number of ether oxygens (including phenoxy) is 1. The zero-order valence-electron chi connectivity index (χ0n) is 15.8. The molecule has 0 aromatic heterocycles. The smallest absolute Gasteiger partial charge is 0.258 e. The molecule has 0 bridgehead atoms. The van der Waals surface area contributed by atoms with Gasteiger partial charge in [0.25, 0.3) is 5.91 Å². The maximum Gasteiger partial charge on any atom is 0.258 e. The molecule has 2 amide bonds. The van der Waals surface area contributed by atoms with Gasteiger partial charge in [-0.1, -0.05) is 42.0 Å². The van der Waals surface area contributed by atoms with Crippen LogP contribution in [-0.4, -0.2) is 36.4 Å². The summed E-state index contributed by atoms with van der Waals surface area (Å²) in [5, 5.41) is 2.69. The number of para-hydroxylation sites is 1. The lowest BCUT2D eigenvalue weighted by molar-refractivity contribution is -0.135. The Labute approximate surface area is 155 Å². The fraction of sp³-hybridized carbons (Fsp3) is 0.333. The lowest BCUT2D eigenvalue weighted by atomic mass is 10.1. The zero-order valence-corrected chi connectivity index (χ0v) is 15.8. The number of carbonyl (C=O) groups is 2. The fourth-order valence-corrected chi connectivity index (χ4v) is 2.70. The highest BCUT2D eigenvalue weighted by molar-refractivity contribution is 5.87. The second-order valence-corrected chi connectivity index (χ2v) is 6.52. The van der Waals surface area contributed by atoms with E-state index in [4.69, 9.17) is 4.74 Å². The van der Waals surface area contributed by atoms with Crippen LogP contribution in [-0.2, 0) is 16.1 Å². The molecule has 1 N–H and O–H groups in total. The Morgan fingerprint density at radius 3 is 2.46 bits per heavy atom. The van der Waals surface area contributed by atoms with Crippen LogP contribution in [0.2, 0.25) is 0 Å². The van der Waals surface area contributed by atoms with Gasteiger partial charge in [0.2, 0.25) is 5.91 Å². The molecule has 26 heavy (non-hydrogen) atoms. The third kappa shape index (κ3) is 5.62. The summed E-state index contributed by atoms with van der Waals surface area (Å²) in [5.74, 6) is 0.154. The number of rotatable bonds is 7.